The minimum Gasteiger partial charge on any atom is -0.342 e. The fourth-order valence-corrected chi connectivity index (χ4v) is 3.01. The van der Waals surface area contributed by atoms with Crippen molar-refractivity contribution in [1.29, 1.82) is 0 Å². The lowest BCUT2D eigenvalue weighted by atomic mass is 9.94. The highest BCUT2D eigenvalue weighted by molar-refractivity contribution is 5.74. The molecule has 0 amide bonds. The van der Waals surface area contributed by atoms with E-state index >= 15 is 0 Å². The highest BCUT2D eigenvalue weighted by Gasteiger charge is 2.17. The molecular weight excluding hydrogens is 234 g/mol. The quantitative estimate of drug-likeness (QED) is 0.912. The molecule has 0 saturated carbocycles. The van der Waals surface area contributed by atoms with Crippen LogP contribution in [0.4, 0.5) is 0 Å². The second-order valence-electron chi connectivity index (χ2n) is 5.64. The van der Waals surface area contributed by atoms with Gasteiger partial charge in [-0.1, -0.05) is 25.5 Å². The molecule has 3 nitrogen and oxygen atoms in total. The summed E-state index contributed by atoms with van der Waals surface area (Å²) in [4.78, 5) is 10.6. The van der Waals surface area contributed by atoms with Gasteiger partial charge in [-0.2, -0.15) is 0 Å². The Bertz CT molecular complexity index is 491. The van der Waals surface area contributed by atoms with E-state index in [1.165, 1.54) is 32.4 Å². The van der Waals surface area contributed by atoms with Crippen LogP contribution in [-0.2, 0) is 6.42 Å². The third kappa shape index (κ3) is 2.98. The summed E-state index contributed by atoms with van der Waals surface area (Å²) in [6, 6.07) is 8.27. The molecule has 1 N–H and O–H groups in total. The number of imidazole rings is 1. The molecule has 0 atom stereocenters. The normalized spacial score (nSPS) is 18.2. The molecule has 0 aliphatic carbocycles. The SMILES string of the molecule is CCC1CCN(CCc2nc3ccccc3[nH]2)CC1. The molecule has 19 heavy (non-hydrogen) atoms. The lowest BCUT2D eigenvalue weighted by molar-refractivity contribution is 0.183. The lowest BCUT2D eigenvalue weighted by Crippen LogP contribution is -2.35. The molecule has 2 aromatic rings. The van der Waals surface area contributed by atoms with E-state index in [1.807, 2.05) is 6.07 Å². The Morgan fingerprint density at radius 3 is 2.79 bits per heavy atom. The number of likely N-dealkylation sites (tertiary alicyclic amines) is 1. The first kappa shape index (κ1) is 12.7. The largest absolute Gasteiger partial charge is 0.342 e. The molecular formula is C16H23N3. The number of benzene rings is 1. The summed E-state index contributed by atoms with van der Waals surface area (Å²) < 4.78 is 0. The maximum Gasteiger partial charge on any atom is 0.108 e. The van der Waals surface area contributed by atoms with Crippen molar-refractivity contribution < 1.29 is 0 Å². The summed E-state index contributed by atoms with van der Waals surface area (Å²) >= 11 is 0. The van der Waals surface area contributed by atoms with Crippen LogP contribution in [-0.4, -0.2) is 34.5 Å². The number of aromatic nitrogens is 2. The number of fused-ring (bicyclic) bond motifs is 1. The Hall–Kier alpha value is -1.35. The number of aromatic amines is 1. The minimum absolute atomic E-state index is 0.961. The average Bonchev–Trinajstić information content (AvgIpc) is 2.88. The van der Waals surface area contributed by atoms with Crippen molar-refractivity contribution >= 4 is 11.0 Å². The van der Waals surface area contributed by atoms with Gasteiger partial charge in [-0.25, -0.2) is 4.98 Å². The molecule has 1 fully saturated rings. The van der Waals surface area contributed by atoms with Crippen LogP contribution in [0.3, 0.4) is 0 Å². The zero-order chi connectivity index (χ0) is 13.1. The van der Waals surface area contributed by atoms with E-state index in [1.54, 1.807) is 0 Å². The fourth-order valence-electron chi connectivity index (χ4n) is 3.01. The number of hydrogen-bond donors (Lipinski definition) is 1. The second kappa shape index (κ2) is 5.74. The van der Waals surface area contributed by atoms with Crippen molar-refractivity contribution in [3.8, 4) is 0 Å². The van der Waals surface area contributed by atoms with Gasteiger partial charge >= 0.3 is 0 Å². The predicted molar refractivity (Wildman–Crippen MR) is 79.3 cm³/mol. The van der Waals surface area contributed by atoms with Crippen molar-refractivity contribution in [2.45, 2.75) is 32.6 Å². The zero-order valence-corrected chi connectivity index (χ0v) is 11.7. The molecule has 3 heteroatoms. The van der Waals surface area contributed by atoms with Crippen molar-refractivity contribution in [3.05, 3.63) is 30.1 Å². The van der Waals surface area contributed by atoms with E-state index in [0.29, 0.717) is 0 Å². The van der Waals surface area contributed by atoms with Crippen molar-refractivity contribution in [2.75, 3.05) is 19.6 Å². The Balaban J connectivity index is 1.55. The van der Waals surface area contributed by atoms with Gasteiger partial charge in [0.15, 0.2) is 0 Å². The number of piperidine rings is 1. The van der Waals surface area contributed by atoms with Gasteiger partial charge in [0.25, 0.3) is 0 Å². The molecule has 0 radical (unpaired) electrons. The van der Waals surface area contributed by atoms with Gasteiger partial charge < -0.3 is 9.88 Å². The summed E-state index contributed by atoms with van der Waals surface area (Å²) in [6.07, 6.45) is 5.12. The Morgan fingerprint density at radius 1 is 1.26 bits per heavy atom. The lowest BCUT2D eigenvalue weighted by Gasteiger charge is -2.31. The molecule has 102 valence electrons. The summed E-state index contributed by atoms with van der Waals surface area (Å²) in [5, 5.41) is 0. The van der Waals surface area contributed by atoms with Crippen LogP contribution in [0.15, 0.2) is 24.3 Å². The van der Waals surface area contributed by atoms with Gasteiger partial charge in [0.1, 0.15) is 5.82 Å². The number of rotatable bonds is 4. The molecule has 1 saturated heterocycles. The van der Waals surface area contributed by atoms with E-state index in [-0.39, 0.29) is 0 Å². The highest BCUT2D eigenvalue weighted by Crippen LogP contribution is 2.20. The molecule has 0 bridgehead atoms. The molecule has 1 aromatic carbocycles. The van der Waals surface area contributed by atoms with Gasteiger partial charge in [0, 0.05) is 13.0 Å². The van der Waals surface area contributed by atoms with Gasteiger partial charge in [0.2, 0.25) is 0 Å². The van der Waals surface area contributed by atoms with Gasteiger partial charge in [-0.05, 0) is 44.0 Å². The smallest absolute Gasteiger partial charge is 0.108 e. The Labute approximate surface area is 115 Å². The van der Waals surface area contributed by atoms with Crippen LogP contribution in [0.2, 0.25) is 0 Å². The van der Waals surface area contributed by atoms with Gasteiger partial charge in [-0.3, -0.25) is 0 Å². The molecule has 3 rings (SSSR count). The third-order valence-corrected chi connectivity index (χ3v) is 4.39. The summed E-state index contributed by atoms with van der Waals surface area (Å²) in [7, 11) is 0. The van der Waals surface area contributed by atoms with E-state index in [2.05, 4.69) is 40.0 Å². The first-order valence-electron chi connectivity index (χ1n) is 7.51. The highest BCUT2D eigenvalue weighted by atomic mass is 15.1. The summed E-state index contributed by atoms with van der Waals surface area (Å²) in [5.74, 6) is 2.08. The standard InChI is InChI=1S/C16H23N3/c1-2-13-7-10-19(11-8-13)12-9-16-17-14-5-3-4-6-15(14)18-16/h3-6,13H,2,7-12H2,1H3,(H,17,18). The summed E-state index contributed by atoms with van der Waals surface area (Å²) in [5.41, 5.74) is 2.24. The maximum absolute atomic E-state index is 4.65. The van der Waals surface area contributed by atoms with Crippen LogP contribution >= 0.6 is 0 Å². The molecule has 1 aliphatic rings. The van der Waals surface area contributed by atoms with Crippen LogP contribution in [0.1, 0.15) is 32.0 Å². The number of nitrogens with one attached hydrogen (secondary N) is 1. The number of para-hydroxylation sites is 2. The van der Waals surface area contributed by atoms with Crippen molar-refractivity contribution in [1.82, 2.24) is 14.9 Å². The van der Waals surface area contributed by atoms with E-state index in [0.717, 1.165) is 35.7 Å². The van der Waals surface area contributed by atoms with Crippen LogP contribution < -0.4 is 0 Å². The van der Waals surface area contributed by atoms with Crippen molar-refractivity contribution in [2.24, 2.45) is 5.92 Å². The maximum atomic E-state index is 4.65. The van der Waals surface area contributed by atoms with Gasteiger partial charge in [-0.15, -0.1) is 0 Å². The number of hydrogen-bond acceptors (Lipinski definition) is 2. The van der Waals surface area contributed by atoms with E-state index in [4.69, 9.17) is 0 Å². The van der Waals surface area contributed by atoms with Crippen molar-refractivity contribution in [3.63, 3.8) is 0 Å². The molecule has 1 aliphatic heterocycles. The number of nitrogens with zero attached hydrogens (tertiary/aromatic N) is 2. The Kier molecular flexibility index (Phi) is 3.83. The van der Waals surface area contributed by atoms with E-state index in [9.17, 15) is 0 Å². The third-order valence-electron chi connectivity index (χ3n) is 4.39. The average molecular weight is 257 g/mol. The van der Waals surface area contributed by atoms with Crippen LogP contribution in [0.5, 0.6) is 0 Å². The van der Waals surface area contributed by atoms with Crippen LogP contribution in [0, 0.1) is 5.92 Å². The minimum atomic E-state index is 0.961. The van der Waals surface area contributed by atoms with Gasteiger partial charge in [0.05, 0.1) is 11.0 Å². The predicted octanol–water partition coefficient (Wildman–Crippen LogP) is 3.23. The van der Waals surface area contributed by atoms with E-state index < -0.39 is 0 Å². The topological polar surface area (TPSA) is 31.9 Å². The van der Waals surface area contributed by atoms with Crippen LogP contribution in [0.25, 0.3) is 11.0 Å². The molecule has 0 unspecified atom stereocenters. The first-order chi connectivity index (χ1) is 9.35. The molecule has 0 spiro atoms. The zero-order valence-electron chi connectivity index (χ0n) is 11.7. The fraction of sp³-hybridized carbons (Fsp3) is 0.562. The monoisotopic (exact) mass is 257 g/mol. The Morgan fingerprint density at radius 2 is 2.05 bits per heavy atom. The summed E-state index contributed by atoms with van der Waals surface area (Å²) in [6.45, 7) is 5.97. The number of H-pyrrole nitrogens is 1. The molecule has 1 aromatic heterocycles. The first-order valence-corrected chi connectivity index (χ1v) is 7.51. The second-order valence-corrected chi connectivity index (χ2v) is 5.64. The molecule has 2 heterocycles.